The van der Waals surface area contributed by atoms with Crippen LogP contribution in [0.15, 0.2) is 0 Å². The quantitative estimate of drug-likeness (QED) is 0.647. The summed E-state index contributed by atoms with van der Waals surface area (Å²) in [7, 11) is 0. The van der Waals surface area contributed by atoms with Crippen LogP contribution in [0.2, 0.25) is 0 Å². The van der Waals surface area contributed by atoms with Crippen LogP contribution in [-0.2, 0) is 4.79 Å². The van der Waals surface area contributed by atoms with E-state index in [1.165, 1.54) is 0 Å². The number of rotatable bonds is 2. The number of carbonyl (C=O) groups is 1. The molecule has 1 atom stereocenters. The highest BCUT2D eigenvalue weighted by molar-refractivity contribution is 5.79. The number of hydrogen-bond donors (Lipinski definition) is 0. The van der Waals surface area contributed by atoms with Gasteiger partial charge in [-0.2, -0.15) is 0 Å². The van der Waals surface area contributed by atoms with E-state index in [0.717, 1.165) is 39.0 Å². The molecule has 16 heavy (non-hydrogen) atoms. The zero-order valence-electron chi connectivity index (χ0n) is 9.98. The van der Waals surface area contributed by atoms with Crippen LogP contribution in [0.1, 0.15) is 26.2 Å². The molecule has 2 aliphatic heterocycles. The van der Waals surface area contributed by atoms with Crippen molar-refractivity contribution in [3.8, 4) is 12.3 Å². The highest BCUT2D eigenvalue weighted by Gasteiger charge is 2.34. The Labute approximate surface area is 97.8 Å². The number of likely N-dealkylation sites (tertiary alicyclic amines) is 2. The summed E-state index contributed by atoms with van der Waals surface area (Å²) in [5.74, 6) is 3.12. The molecule has 0 N–H and O–H groups in total. The number of amides is 1. The number of terminal acetylenes is 1. The average molecular weight is 220 g/mol. The third kappa shape index (κ3) is 2.22. The molecule has 2 saturated heterocycles. The van der Waals surface area contributed by atoms with Gasteiger partial charge in [0.1, 0.15) is 0 Å². The molecule has 2 rings (SSSR count). The maximum absolute atomic E-state index is 11.8. The van der Waals surface area contributed by atoms with Crippen molar-refractivity contribution in [2.24, 2.45) is 5.92 Å². The molecule has 2 heterocycles. The van der Waals surface area contributed by atoms with Gasteiger partial charge in [0.25, 0.3) is 0 Å². The molecule has 0 bridgehead atoms. The SMILES string of the molecule is C#CC1CC(=O)N(C2CCN(CC)CC2)C1. The summed E-state index contributed by atoms with van der Waals surface area (Å²) in [6.45, 7) is 6.33. The van der Waals surface area contributed by atoms with Crippen molar-refractivity contribution < 1.29 is 4.79 Å². The lowest BCUT2D eigenvalue weighted by atomic mass is 10.0. The molecule has 0 aromatic carbocycles. The van der Waals surface area contributed by atoms with Crippen LogP contribution in [0.3, 0.4) is 0 Å². The summed E-state index contributed by atoms with van der Waals surface area (Å²) < 4.78 is 0. The normalized spacial score (nSPS) is 28.4. The van der Waals surface area contributed by atoms with Crippen LogP contribution >= 0.6 is 0 Å². The van der Waals surface area contributed by atoms with Crippen LogP contribution in [-0.4, -0.2) is 47.9 Å². The molecule has 2 aliphatic rings. The zero-order chi connectivity index (χ0) is 11.5. The molecule has 1 unspecified atom stereocenters. The van der Waals surface area contributed by atoms with Crippen LogP contribution in [0, 0.1) is 18.3 Å². The molecule has 2 fully saturated rings. The van der Waals surface area contributed by atoms with E-state index >= 15 is 0 Å². The molecule has 0 aromatic rings. The first-order valence-electron chi connectivity index (χ1n) is 6.22. The van der Waals surface area contributed by atoms with Crippen molar-refractivity contribution >= 4 is 5.91 Å². The highest BCUT2D eigenvalue weighted by atomic mass is 16.2. The van der Waals surface area contributed by atoms with Crippen LogP contribution in [0.4, 0.5) is 0 Å². The van der Waals surface area contributed by atoms with Gasteiger partial charge in [0, 0.05) is 38.0 Å². The van der Waals surface area contributed by atoms with E-state index in [9.17, 15) is 4.79 Å². The lowest BCUT2D eigenvalue weighted by Crippen LogP contribution is -2.45. The van der Waals surface area contributed by atoms with Crippen molar-refractivity contribution in [3.63, 3.8) is 0 Å². The van der Waals surface area contributed by atoms with E-state index in [1.807, 2.05) is 4.90 Å². The third-order valence-electron chi connectivity index (χ3n) is 3.84. The third-order valence-corrected chi connectivity index (χ3v) is 3.84. The number of piperidine rings is 1. The largest absolute Gasteiger partial charge is 0.338 e. The van der Waals surface area contributed by atoms with Crippen molar-refractivity contribution in [1.29, 1.82) is 0 Å². The first kappa shape index (κ1) is 11.5. The molecular formula is C13H20N2O. The predicted octanol–water partition coefficient (Wildman–Crippen LogP) is 0.952. The molecular weight excluding hydrogens is 200 g/mol. The maximum atomic E-state index is 11.8. The second-order valence-corrected chi connectivity index (χ2v) is 4.78. The predicted molar refractivity (Wildman–Crippen MR) is 63.8 cm³/mol. The van der Waals surface area contributed by atoms with Gasteiger partial charge in [0.15, 0.2) is 0 Å². The van der Waals surface area contributed by atoms with Gasteiger partial charge in [-0.25, -0.2) is 0 Å². The Balaban J connectivity index is 1.90. The average Bonchev–Trinajstić information content (AvgIpc) is 2.71. The fourth-order valence-corrected chi connectivity index (χ4v) is 2.74. The lowest BCUT2D eigenvalue weighted by Gasteiger charge is -2.36. The summed E-state index contributed by atoms with van der Waals surface area (Å²) in [6, 6.07) is 0.439. The Kier molecular flexibility index (Phi) is 3.50. The van der Waals surface area contributed by atoms with E-state index in [-0.39, 0.29) is 11.8 Å². The van der Waals surface area contributed by atoms with Crippen molar-refractivity contribution in [2.45, 2.75) is 32.2 Å². The van der Waals surface area contributed by atoms with Gasteiger partial charge in [-0.05, 0) is 19.4 Å². The second kappa shape index (κ2) is 4.88. The Hall–Kier alpha value is -1.01. The van der Waals surface area contributed by atoms with Gasteiger partial charge >= 0.3 is 0 Å². The molecule has 0 radical (unpaired) electrons. The van der Waals surface area contributed by atoms with Crippen LogP contribution in [0.25, 0.3) is 0 Å². The maximum Gasteiger partial charge on any atom is 0.224 e. The second-order valence-electron chi connectivity index (χ2n) is 4.78. The van der Waals surface area contributed by atoms with Crippen molar-refractivity contribution in [3.05, 3.63) is 0 Å². The molecule has 3 nitrogen and oxygen atoms in total. The van der Waals surface area contributed by atoms with Crippen molar-refractivity contribution in [2.75, 3.05) is 26.2 Å². The van der Waals surface area contributed by atoms with Gasteiger partial charge in [-0.15, -0.1) is 12.3 Å². The summed E-state index contributed by atoms with van der Waals surface area (Å²) in [5.41, 5.74) is 0. The fraction of sp³-hybridized carbons (Fsp3) is 0.769. The van der Waals surface area contributed by atoms with Gasteiger partial charge in [-0.1, -0.05) is 6.92 Å². The first-order chi connectivity index (χ1) is 7.74. The lowest BCUT2D eigenvalue weighted by molar-refractivity contribution is -0.130. The van der Waals surface area contributed by atoms with E-state index in [4.69, 9.17) is 6.42 Å². The minimum atomic E-state index is 0.150. The number of carbonyl (C=O) groups excluding carboxylic acids is 1. The molecule has 1 amide bonds. The van der Waals surface area contributed by atoms with Crippen molar-refractivity contribution in [1.82, 2.24) is 9.80 Å². The van der Waals surface area contributed by atoms with Crippen LogP contribution in [0.5, 0.6) is 0 Å². The smallest absolute Gasteiger partial charge is 0.224 e. The molecule has 0 aliphatic carbocycles. The van der Waals surface area contributed by atoms with E-state index < -0.39 is 0 Å². The van der Waals surface area contributed by atoms with Gasteiger partial charge in [-0.3, -0.25) is 4.79 Å². The minimum Gasteiger partial charge on any atom is -0.338 e. The Morgan fingerprint density at radius 2 is 2.12 bits per heavy atom. The van der Waals surface area contributed by atoms with E-state index in [1.54, 1.807) is 0 Å². The monoisotopic (exact) mass is 220 g/mol. The number of hydrogen-bond acceptors (Lipinski definition) is 2. The van der Waals surface area contributed by atoms with E-state index in [0.29, 0.717) is 12.5 Å². The summed E-state index contributed by atoms with van der Waals surface area (Å²) in [5, 5.41) is 0. The van der Waals surface area contributed by atoms with Gasteiger partial charge in [0.05, 0.1) is 0 Å². The summed E-state index contributed by atoms with van der Waals surface area (Å²) in [6.07, 6.45) is 8.17. The Bertz CT molecular complexity index is 300. The first-order valence-corrected chi connectivity index (χ1v) is 6.22. The van der Waals surface area contributed by atoms with Crippen LogP contribution < -0.4 is 0 Å². The fourth-order valence-electron chi connectivity index (χ4n) is 2.74. The zero-order valence-corrected chi connectivity index (χ0v) is 9.98. The number of nitrogens with zero attached hydrogens (tertiary/aromatic N) is 2. The topological polar surface area (TPSA) is 23.6 Å². The molecule has 0 saturated carbocycles. The summed E-state index contributed by atoms with van der Waals surface area (Å²) >= 11 is 0. The Morgan fingerprint density at radius 1 is 1.44 bits per heavy atom. The standard InChI is InChI=1S/C13H20N2O/c1-3-11-9-13(16)15(10-11)12-5-7-14(4-2)8-6-12/h1,11-12H,4-10H2,2H3. The Morgan fingerprint density at radius 3 is 2.62 bits per heavy atom. The summed E-state index contributed by atoms with van der Waals surface area (Å²) in [4.78, 5) is 16.3. The molecule has 88 valence electrons. The van der Waals surface area contributed by atoms with Gasteiger partial charge < -0.3 is 9.80 Å². The molecule has 0 spiro atoms. The van der Waals surface area contributed by atoms with E-state index in [2.05, 4.69) is 17.7 Å². The highest BCUT2D eigenvalue weighted by Crippen LogP contribution is 2.24. The van der Waals surface area contributed by atoms with Gasteiger partial charge in [0.2, 0.25) is 5.91 Å². The molecule has 3 heteroatoms. The molecule has 0 aromatic heterocycles. The minimum absolute atomic E-state index is 0.150.